The Hall–Kier alpha value is -1.75. The highest BCUT2D eigenvalue weighted by Crippen LogP contribution is 2.10. The molecule has 4 nitrogen and oxygen atoms in total. The van der Waals surface area contributed by atoms with E-state index in [4.69, 9.17) is 10.5 Å². The number of allylic oxidation sites excluding steroid dienone is 2. The highest BCUT2D eigenvalue weighted by molar-refractivity contribution is 6.73. The number of unbranched alkanes of at least 4 members (excludes halogenated alkanes) is 1. The third kappa shape index (κ3) is 5.49. The van der Waals surface area contributed by atoms with Crippen molar-refractivity contribution in [3.05, 3.63) is 47.4 Å². The van der Waals surface area contributed by atoms with Gasteiger partial charge in [-0.05, 0) is 18.9 Å². The third-order valence-corrected chi connectivity index (χ3v) is 2.73. The van der Waals surface area contributed by atoms with Crippen LogP contribution in [0.15, 0.2) is 46.8 Å². The van der Waals surface area contributed by atoms with Gasteiger partial charge in [-0.25, -0.2) is 0 Å². The van der Waals surface area contributed by atoms with Crippen LogP contribution in [0.25, 0.3) is 0 Å². The van der Waals surface area contributed by atoms with Crippen LogP contribution in [0, 0.1) is 0 Å². The number of ether oxygens (including phenoxy) is 1. The van der Waals surface area contributed by atoms with E-state index in [-0.39, 0.29) is 0 Å². The molecule has 1 aromatic carbocycles. The molecule has 0 aliphatic carbocycles. The normalized spacial score (nSPS) is 12.8. The highest BCUT2D eigenvalue weighted by atomic mass is 16.5. The molecule has 0 aliphatic rings. The summed E-state index contributed by atoms with van der Waals surface area (Å²) < 4.78 is 5.71. The number of hydrogen-bond acceptors (Lipinski definition) is 4. The molecule has 0 saturated carbocycles. The fraction of sp³-hybridized carbons (Fsp3) is 0.400. The van der Waals surface area contributed by atoms with Crippen LogP contribution in [-0.2, 0) is 11.3 Å². The van der Waals surface area contributed by atoms with Gasteiger partial charge in [0.05, 0.1) is 5.61 Å². The number of aliphatic imine (C=N–C) groups is 1. The molecule has 0 fully saturated rings. The monoisotopic (exact) mass is 273 g/mol. The van der Waals surface area contributed by atoms with Crippen molar-refractivity contribution in [1.82, 2.24) is 0 Å². The van der Waals surface area contributed by atoms with Gasteiger partial charge in [0.15, 0.2) is 5.76 Å². The molecule has 0 spiro atoms. The summed E-state index contributed by atoms with van der Waals surface area (Å²) in [6, 6.07) is 9.80. The van der Waals surface area contributed by atoms with E-state index in [9.17, 15) is 5.02 Å². The topological polar surface area (TPSA) is 67.8 Å². The lowest BCUT2D eigenvalue weighted by atomic mass is 9.90. The number of nitrogens with two attached hydrogens (primary N) is 1. The zero-order valence-electron chi connectivity index (χ0n) is 12.2. The Morgan fingerprint density at radius 2 is 2.05 bits per heavy atom. The summed E-state index contributed by atoms with van der Waals surface area (Å²) in [7, 11) is 0.951. The van der Waals surface area contributed by atoms with Crippen LogP contribution in [0.5, 0.6) is 0 Å². The molecule has 107 valence electrons. The molecule has 0 aromatic heterocycles. The van der Waals surface area contributed by atoms with Crippen LogP contribution in [0.1, 0.15) is 32.3 Å². The Balaban J connectivity index is 2.73. The maximum absolute atomic E-state index is 9.32. The fourth-order valence-corrected chi connectivity index (χ4v) is 1.65. The molecule has 0 heterocycles. The van der Waals surface area contributed by atoms with E-state index < -0.39 is 0 Å². The molecule has 5 heteroatoms. The molecule has 3 N–H and O–H groups in total. The van der Waals surface area contributed by atoms with Crippen molar-refractivity contribution in [2.75, 3.05) is 6.54 Å². The Morgan fingerprint density at radius 1 is 1.35 bits per heavy atom. The molecule has 0 amide bonds. The van der Waals surface area contributed by atoms with Crippen molar-refractivity contribution < 1.29 is 9.76 Å². The minimum Gasteiger partial charge on any atom is -0.486 e. The predicted molar refractivity (Wildman–Crippen MR) is 83.3 cm³/mol. The van der Waals surface area contributed by atoms with Crippen molar-refractivity contribution in [1.29, 1.82) is 0 Å². The third-order valence-electron chi connectivity index (χ3n) is 2.73. The second-order valence-corrected chi connectivity index (χ2v) is 4.54. The van der Waals surface area contributed by atoms with Crippen molar-refractivity contribution in [2.45, 2.75) is 33.3 Å². The van der Waals surface area contributed by atoms with Gasteiger partial charge in [-0.3, -0.25) is 4.99 Å². The molecular formula is C15H22BN2O2. The quantitative estimate of drug-likeness (QED) is 0.330. The summed E-state index contributed by atoms with van der Waals surface area (Å²) >= 11 is 0. The lowest BCUT2D eigenvalue weighted by Crippen LogP contribution is -2.19. The molecule has 1 radical (unpaired) electrons. The van der Waals surface area contributed by atoms with Gasteiger partial charge >= 0.3 is 7.48 Å². The van der Waals surface area contributed by atoms with Crippen molar-refractivity contribution in [3.63, 3.8) is 0 Å². The Bertz CT molecular complexity index is 454. The average Bonchev–Trinajstić information content (AvgIpc) is 2.46. The van der Waals surface area contributed by atoms with E-state index in [1.165, 1.54) is 0 Å². The van der Waals surface area contributed by atoms with Gasteiger partial charge < -0.3 is 15.5 Å². The first-order valence-corrected chi connectivity index (χ1v) is 6.84. The first-order chi connectivity index (χ1) is 9.69. The van der Waals surface area contributed by atoms with Gasteiger partial charge in [-0.1, -0.05) is 43.7 Å². The van der Waals surface area contributed by atoms with Crippen molar-refractivity contribution in [3.8, 4) is 0 Å². The van der Waals surface area contributed by atoms with Gasteiger partial charge in [-0.2, -0.15) is 0 Å². The van der Waals surface area contributed by atoms with E-state index in [2.05, 4.69) is 11.9 Å². The zero-order valence-corrected chi connectivity index (χ0v) is 12.2. The molecule has 0 aliphatic heterocycles. The van der Waals surface area contributed by atoms with Crippen molar-refractivity contribution in [2.24, 2.45) is 10.7 Å². The first kappa shape index (κ1) is 16.3. The van der Waals surface area contributed by atoms with Crippen LogP contribution in [-0.4, -0.2) is 24.7 Å². The minimum atomic E-state index is 0.394. The number of nitrogens with zero attached hydrogens (tertiary/aromatic N) is 1. The van der Waals surface area contributed by atoms with Crippen LogP contribution >= 0.6 is 0 Å². The first-order valence-electron chi connectivity index (χ1n) is 6.84. The second-order valence-electron chi connectivity index (χ2n) is 4.54. The number of hydrogen-bond donors (Lipinski definition) is 2. The summed E-state index contributed by atoms with van der Waals surface area (Å²) in [5, 5.41) is 9.32. The fourth-order valence-electron chi connectivity index (χ4n) is 1.65. The number of benzene rings is 1. The van der Waals surface area contributed by atoms with Crippen LogP contribution in [0.4, 0.5) is 0 Å². The molecule has 0 unspecified atom stereocenters. The SMILES string of the molecule is CCCCN=C([B]O)/C(OCc1ccccc1)=C(/C)N. The minimum absolute atomic E-state index is 0.394. The maximum atomic E-state index is 9.32. The van der Waals surface area contributed by atoms with Gasteiger partial charge in [0.2, 0.25) is 0 Å². The van der Waals surface area contributed by atoms with Gasteiger partial charge in [0, 0.05) is 12.2 Å². The van der Waals surface area contributed by atoms with E-state index in [1.54, 1.807) is 6.92 Å². The summed E-state index contributed by atoms with van der Waals surface area (Å²) in [5.41, 5.74) is 7.76. The second kappa shape index (κ2) is 9.21. The lowest BCUT2D eigenvalue weighted by Gasteiger charge is -2.13. The van der Waals surface area contributed by atoms with E-state index >= 15 is 0 Å². The summed E-state index contributed by atoms with van der Waals surface area (Å²) in [6.07, 6.45) is 2.01. The maximum Gasteiger partial charge on any atom is 0.353 e. The smallest absolute Gasteiger partial charge is 0.353 e. The zero-order chi connectivity index (χ0) is 14.8. The van der Waals surface area contributed by atoms with Gasteiger partial charge in [0.1, 0.15) is 6.61 Å². The molecule has 1 aromatic rings. The standard InChI is InChI=1S/C15H22BN2O2/c1-3-4-10-18-15(16-19)14(12(2)17)20-11-13-8-6-5-7-9-13/h5-9,19H,3-4,10-11,17H2,1-2H3/b14-12+,18-15?. The van der Waals surface area contributed by atoms with Crippen LogP contribution in [0.2, 0.25) is 0 Å². The van der Waals surface area contributed by atoms with E-state index in [0.717, 1.165) is 25.9 Å². The van der Waals surface area contributed by atoms with Crippen LogP contribution in [0.3, 0.4) is 0 Å². The Kier molecular flexibility index (Phi) is 7.51. The largest absolute Gasteiger partial charge is 0.486 e. The molecule has 1 rings (SSSR count). The summed E-state index contributed by atoms with van der Waals surface area (Å²) in [4.78, 5) is 4.31. The van der Waals surface area contributed by atoms with Gasteiger partial charge in [-0.15, -0.1) is 0 Å². The van der Waals surface area contributed by atoms with E-state index in [1.807, 2.05) is 30.3 Å². The lowest BCUT2D eigenvalue weighted by molar-refractivity contribution is 0.214. The predicted octanol–water partition coefficient (Wildman–Crippen LogP) is 2.20. The Morgan fingerprint density at radius 3 is 2.60 bits per heavy atom. The summed E-state index contributed by atoms with van der Waals surface area (Å²) in [5.74, 6) is 0.437. The van der Waals surface area contributed by atoms with Crippen molar-refractivity contribution >= 4 is 13.1 Å². The van der Waals surface area contributed by atoms with Crippen LogP contribution < -0.4 is 5.73 Å². The molecule has 0 bridgehead atoms. The average molecular weight is 273 g/mol. The molecular weight excluding hydrogens is 251 g/mol. The molecule has 0 saturated heterocycles. The van der Waals surface area contributed by atoms with Gasteiger partial charge in [0.25, 0.3) is 0 Å². The Labute approximate surface area is 121 Å². The molecule has 0 atom stereocenters. The molecule has 20 heavy (non-hydrogen) atoms. The van der Waals surface area contributed by atoms with E-state index in [0.29, 0.717) is 30.2 Å². The summed E-state index contributed by atoms with van der Waals surface area (Å²) in [6.45, 7) is 4.87. The highest BCUT2D eigenvalue weighted by Gasteiger charge is 2.12. The number of rotatable bonds is 8.